The highest BCUT2D eigenvalue weighted by Crippen LogP contribution is 2.21. The van der Waals surface area contributed by atoms with Crippen LogP contribution in [0.2, 0.25) is 0 Å². The zero-order chi connectivity index (χ0) is 16.9. The molecule has 0 radical (unpaired) electrons. The largest absolute Gasteiger partial charge is 0.493 e. The van der Waals surface area contributed by atoms with Crippen LogP contribution in [0.25, 0.3) is 0 Å². The van der Waals surface area contributed by atoms with Gasteiger partial charge in [-0.2, -0.15) is 0 Å². The van der Waals surface area contributed by atoms with Crippen LogP contribution in [0.4, 0.5) is 5.13 Å². The Morgan fingerprint density at radius 1 is 1.42 bits per heavy atom. The molecule has 1 atom stereocenters. The average molecular weight is 347 g/mol. The van der Waals surface area contributed by atoms with E-state index >= 15 is 0 Å². The van der Waals surface area contributed by atoms with Crippen molar-refractivity contribution in [2.75, 3.05) is 18.5 Å². The molecule has 2 heterocycles. The molecule has 6 nitrogen and oxygen atoms in total. The predicted molar refractivity (Wildman–Crippen MR) is 92.6 cm³/mol. The first-order valence-corrected chi connectivity index (χ1v) is 8.88. The Hall–Kier alpha value is -1.99. The van der Waals surface area contributed by atoms with Crippen LogP contribution in [-0.2, 0) is 16.0 Å². The predicted octanol–water partition coefficient (Wildman–Crippen LogP) is 2.89. The van der Waals surface area contributed by atoms with Crippen LogP contribution in [-0.4, -0.2) is 35.4 Å². The lowest BCUT2D eigenvalue weighted by Gasteiger charge is -2.08. The minimum absolute atomic E-state index is 0.137. The molecule has 1 N–H and O–H groups in total. The van der Waals surface area contributed by atoms with Crippen molar-refractivity contribution in [1.82, 2.24) is 10.2 Å². The fourth-order valence-electron chi connectivity index (χ4n) is 2.49. The number of amides is 1. The maximum absolute atomic E-state index is 12.0. The number of hydrogen-bond acceptors (Lipinski definition) is 6. The molecule has 1 aliphatic heterocycles. The van der Waals surface area contributed by atoms with Crippen LogP contribution in [0.15, 0.2) is 18.2 Å². The Labute approximate surface area is 145 Å². The zero-order valence-corrected chi connectivity index (χ0v) is 14.7. The highest BCUT2D eigenvalue weighted by molar-refractivity contribution is 7.15. The number of hydrogen-bond donors (Lipinski definition) is 1. The van der Waals surface area contributed by atoms with Gasteiger partial charge in [0.1, 0.15) is 16.9 Å². The number of ether oxygens (including phenoxy) is 2. The van der Waals surface area contributed by atoms with Crippen LogP contribution in [0.5, 0.6) is 5.75 Å². The standard InChI is InChI=1S/C17H21N3O3S/c1-11-5-6-12(2)14(10-11)23-9-7-15-19-20-17(24-15)18-16(21)13-4-3-8-22-13/h5-6,10,13H,3-4,7-9H2,1-2H3,(H,18,20,21)/t13-/m1/s1. The summed E-state index contributed by atoms with van der Waals surface area (Å²) < 4.78 is 11.2. The summed E-state index contributed by atoms with van der Waals surface area (Å²) in [4.78, 5) is 12.0. The number of carbonyl (C=O) groups is 1. The average Bonchev–Trinajstić information content (AvgIpc) is 3.22. The Bertz CT molecular complexity index is 711. The third-order valence-electron chi connectivity index (χ3n) is 3.84. The summed E-state index contributed by atoms with van der Waals surface area (Å²) in [6.45, 7) is 5.24. The van der Waals surface area contributed by atoms with Crippen molar-refractivity contribution in [3.63, 3.8) is 0 Å². The molecule has 128 valence electrons. The lowest BCUT2D eigenvalue weighted by atomic mass is 10.1. The SMILES string of the molecule is Cc1ccc(C)c(OCCc2nnc(NC(=O)[C@H]3CCCO3)s2)c1. The van der Waals surface area contributed by atoms with E-state index in [0.29, 0.717) is 24.8 Å². The summed E-state index contributed by atoms with van der Waals surface area (Å²) in [6.07, 6.45) is 1.99. The van der Waals surface area contributed by atoms with Gasteiger partial charge in [-0.05, 0) is 43.9 Å². The summed E-state index contributed by atoms with van der Waals surface area (Å²) in [5.74, 6) is 0.758. The number of aryl methyl sites for hydroxylation is 2. The first kappa shape index (κ1) is 16.9. The molecule has 0 aliphatic carbocycles. The Kier molecular flexibility index (Phi) is 5.42. The van der Waals surface area contributed by atoms with Gasteiger partial charge in [0.05, 0.1) is 6.61 Å². The Morgan fingerprint density at radius 3 is 3.08 bits per heavy atom. The Morgan fingerprint density at radius 2 is 2.29 bits per heavy atom. The van der Waals surface area contributed by atoms with E-state index in [1.54, 1.807) is 0 Å². The summed E-state index contributed by atoms with van der Waals surface area (Å²) >= 11 is 1.37. The number of nitrogens with one attached hydrogen (secondary N) is 1. The zero-order valence-electron chi connectivity index (χ0n) is 13.9. The van der Waals surface area contributed by atoms with Gasteiger partial charge in [0.25, 0.3) is 5.91 Å². The smallest absolute Gasteiger partial charge is 0.255 e. The minimum Gasteiger partial charge on any atom is -0.493 e. The maximum atomic E-state index is 12.0. The molecule has 1 aromatic carbocycles. The molecular formula is C17H21N3O3S. The molecule has 0 bridgehead atoms. The first-order chi connectivity index (χ1) is 11.6. The molecular weight excluding hydrogens is 326 g/mol. The van der Waals surface area contributed by atoms with Crippen molar-refractivity contribution in [1.29, 1.82) is 0 Å². The highest BCUT2D eigenvalue weighted by atomic mass is 32.1. The quantitative estimate of drug-likeness (QED) is 0.870. The van der Waals surface area contributed by atoms with E-state index in [1.807, 2.05) is 26.0 Å². The van der Waals surface area contributed by atoms with Crippen molar-refractivity contribution >= 4 is 22.4 Å². The molecule has 3 rings (SSSR count). The topological polar surface area (TPSA) is 73.3 Å². The second-order valence-corrected chi connectivity index (χ2v) is 6.92. The van der Waals surface area contributed by atoms with Gasteiger partial charge in [-0.3, -0.25) is 10.1 Å². The van der Waals surface area contributed by atoms with Gasteiger partial charge in [0, 0.05) is 13.0 Å². The number of rotatable bonds is 6. The van der Waals surface area contributed by atoms with Gasteiger partial charge in [0.2, 0.25) is 5.13 Å². The Balaban J connectivity index is 1.49. The summed E-state index contributed by atoms with van der Waals surface area (Å²) in [6, 6.07) is 6.15. The molecule has 0 saturated carbocycles. The lowest BCUT2D eigenvalue weighted by Crippen LogP contribution is -2.26. The van der Waals surface area contributed by atoms with Crippen LogP contribution in [0.1, 0.15) is 29.0 Å². The summed E-state index contributed by atoms with van der Waals surface area (Å²) in [7, 11) is 0. The van der Waals surface area contributed by atoms with Crippen molar-refractivity contribution < 1.29 is 14.3 Å². The van der Waals surface area contributed by atoms with Crippen molar-refractivity contribution in [3.05, 3.63) is 34.3 Å². The van der Waals surface area contributed by atoms with E-state index in [4.69, 9.17) is 9.47 Å². The number of benzene rings is 1. The third kappa shape index (κ3) is 4.30. The fraction of sp³-hybridized carbons (Fsp3) is 0.471. The summed E-state index contributed by atoms with van der Waals surface area (Å²) in [5, 5.41) is 12.2. The van der Waals surface area contributed by atoms with Crippen molar-refractivity contribution in [2.24, 2.45) is 0 Å². The lowest BCUT2D eigenvalue weighted by molar-refractivity contribution is -0.124. The van der Waals surface area contributed by atoms with Crippen LogP contribution < -0.4 is 10.1 Å². The third-order valence-corrected chi connectivity index (χ3v) is 4.73. The summed E-state index contributed by atoms with van der Waals surface area (Å²) in [5.41, 5.74) is 2.29. The van der Waals surface area contributed by atoms with Gasteiger partial charge in [-0.1, -0.05) is 23.5 Å². The molecule has 1 amide bonds. The van der Waals surface area contributed by atoms with Gasteiger partial charge in [0.15, 0.2) is 0 Å². The molecule has 1 aromatic heterocycles. The van der Waals surface area contributed by atoms with Crippen LogP contribution in [0.3, 0.4) is 0 Å². The number of nitrogens with zero attached hydrogens (tertiary/aromatic N) is 2. The monoisotopic (exact) mass is 347 g/mol. The molecule has 7 heteroatoms. The molecule has 0 spiro atoms. The number of anilines is 1. The van der Waals surface area contributed by atoms with Crippen LogP contribution in [0, 0.1) is 13.8 Å². The first-order valence-electron chi connectivity index (χ1n) is 8.07. The van der Waals surface area contributed by atoms with Gasteiger partial charge >= 0.3 is 0 Å². The van der Waals surface area contributed by atoms with E-state index in [1.165, 1.54) is 16.9 Å². The molecule has 1 aliphatic rings. The molecule has 1 fully saturated rings. The van der Waals surface area contributed by atoms with Crippen molar-refractivity contribution in [2.45, 2.75) is 39.2 Å². The van der Waals surface area contributed by atoms with Gasteiger partial charge in [-0.25, -0.2) is 0 Å². The molecule has 0 unspecified atom stereocenters. The number of carbonyl (C=O) groups excluding carboxylic acids is 1. The van der Waals surface area contributed by atoms with E-state index in [9.17, 15) is 4.79 Å². The van der Waals surface area contributed by atoms with E-state index in [-0.39, 0.29) is 12.0 Å². The maximum Gasteiger partial charge on any atom is 0.255 e. The van der Waals surface area contributed by atoms with Gasteiger partial charge < -0.3 is 9.47 Å². The molecule has 2 aromatic rings. The van der Waals surface area contributed by atoms with Crippen LogP contribution >= 0.6 is 11.3 Å². The molecule has 24 heavy (non-hydrogen) atoms. The second kappa shape index (κ2) is 7.72. The molecule has 1 saturated heterocycles. The normalized spacial score (nSPS) is 17.0. The van der Waals surface area contributed by atoms with E-state index in [0.717, 1.165) is 29.2 Å². The van der Waals surface area contributed by atoms with E-state index < -0.39 is 0 Å². The van der Waals surface area contributed by atoms with Gasteiger partial charge in [-0.15, -0.1) is 10.2 Å². The minimum atomic E-state index is -0.357. The fourth-order valence-corrected chi connectivity index (χ4v) is 3.21. The van der Waals surface area contributed by atoms with E-state index in [2.05, 4.69) is 21.6 Å². The van der Waals surface area contributed by atoms with Crippen molar-refractivity contribution in [3.8, 4) is 5.75 Å². The highest BCUT2D eigenvalue weighted by Gasteiger charge is 2.24. The second-order valence-electron chi connectivity index (χ2n) is 5.86. The number of aromatic nitrogens is 2.